The molecule has 0 aliphatic heterocycles. The third-order valence-corrected chi connectivity index (χ3v) is 4.20. The lowest BCUT2D eigenvalue weighted by Crippen LogP contribution is -2.30. The van der Waals surface area contributed by atoms with Crippen LogP contribution in [0, 0.1) is 30.9 Å². The molecule has 0 atom stereocenters. The lowest BCUT2D eigenvalue weighted by Gasteiger charge is -2.13. The number of nitro groups is 1. The van der Waals surface area contributed by atoms with Crippen LogP contribution >= 0.6 is 0 Å². The lowest BCUT2D eigenvalue weighted by molar-refractivity contribution is -0.386. The molecule has 21 heavy (non-hydrogen) atoms. The highest BCUT2D eigenvalue weighted by Crippen LogP contribution is 2.31. The Morgan fingerprint density at radius 1 is 1.38 bits per heavy atom. The molecule has 0 saturated carbocycles. The minimum absolute atomic E-state index is 0.00678. The smallest absolute Gasteiger partial charge is 0.276 e. The van der Waals surface area contributed by atoms with E-state index in [0.29, 0.717) is 11.1 Å². The molecule has 1 rings (SSSR count). The maximum absolute atomic E-state index is 12.1. The highest BCUT2D eigenvalue weighted by Gasteiger charge is 2.27. The van der Waals surface area contributed by atoms with Crippen molar-refractivity contribution in [1.82, 2.24) is 4.89 Å². The summed E-state index contributed by atoms with van der Waals surface area (Å²) in [4.78, 5) is 26.8. The van der Waals surface area contributed by atoms with E-state index in [1.807, 2.05) is 0 Å². The van der Waals surface area contributed by atoms with Crippen molar-refractivity contribution in [3.8, 4) is 0 Å². The Hall–Kier alpha value is -2.04. The Morgan fingerprint density at radius 3 is 2.43 bits per heavy atom. The van der Waals surface area contributed by atoms with Crippen LogP contribution in [0.4, 0.5) is 5.69 Å². The van der Waals surface area contributed by atoms with Crippen molar-refractivity contribution in [3.63, 3.8) is 0 Å². The Bertz CT molecular complexity index is 698. The predicted octanol–water partition coefficient (Wildman–Crippen LogP) is 0.215. The highest BCUT2D eigenvalue weighted by molar-refractivity contribution is 7.89. The average Bonchev–Trinajstić information content (AvgIpc) is 2.25. The van der Waals surface area contributed by atoms with E-state index in [2.05, 4.69) is 4.84 Å². The standard InChI is InChI=1S/C11H15N3O6S/c1-6-4-7(2)11(8(3)10(6)14(16)17)21(18,19)13-20-5-9(12)15/h4,13H,5H2,1-3H3,(H2,12,15). The molecule has 0 aliphatic rings. The van der Waals surface area contributed by atoms with Crippen LogP contribution in [0.1, 0.15) is 16.7 Å². The Balaban J connectivity index is 3.32. The second-order valence-electron chi connectivity index (χ2n) is 4.41. The first kappa shape index (κ1) is 17.0. The van der Waals surface area contributed by atoms with Crippen molar-refractivity contribution in [2.24, 2.45) is 5.73 Å². The number of nitrogens with two attached hydrogens (primary N) is 1. The van der Waals surface area contributed by atoms with Gasteiger partial charge in [0.2, 0.25) is 5.91 Å². The summed E-state index contributed by atoms with van der Waals surface area (Å²) in [6.45, 7) is 3.71. The molecule has 0 saturated heterocycles. The highest BCUT2D eigenvalue weighted by atomic mass is 32.2. The summed E-state index contributed by atoms with van der Waals surface area (Å²) in [7, 11) is -4.17. The maximum Gasteiger partial charge on any atom is 0.276 e. The average molecular weight is 317 g/mol. The van der Waals surface area contributed by atoms with Crippen molar-refractivity contribution in [2.45, 2.75) is 25.7 Å². The second-order valence-corrected chi connectivity index (χ2v) is 5.99. The van der Waals surface area contributed by atoms with Gasteiger partial charge >= 0.3 is 0 Å². The molecule has 0 bridgehead atoms. The lowest BCUT2D eigenvalue weighted by atomic mass is 10.1. The SMILES string of the molecule is Cc1cc(C)c(S(=O)(=O)NOCC(N)=O)c(C)c1[N+](=O)[O-]. The zero-order valence-electron chi connectivity index (χ0n) is 11.7. The summed E-state index contributed by atoms with van der Waals surface area (Å²) >= 11 is 0. The maximum atomic E-state index is 12.1. The van der Waals surface area contributed by atoms with Gasteiger partial charge in [-0.05, 0) is 32.4 Å². The van der Waals surface area contributed by atoms with Crippen LogP contribution < -0.4 is 10.6 Å². The minimum Gasteiger partial charge on any atom is -0.368 e. The molecule has 0 aromatic heterocycles. The molecule has 0 spiro atoms. The third-order valence-electron chi connectivity index (χ3n) is 2.69. The van der Waals surface area contributed by atoms with E-state index >= 15 is 0 Å². The van der Waals surface area contributed by atoms with Crippen LogP contribution in [0.3, 0.4) is 0 Å². The topological polar surface area (TPSA) is 142 Å². The van der Waals surface area contributed by atoms with Crippen molar-refractivity contribution < 1.29 is 23.0 Å². The van der Waals surface area contributed by atoms with E-state index in [9.17, 15) is 23.3 Å². The number of hydrogen-bond acceptors (Lipinski definition) is 6. The number of amides is 1. The molecule has 0 aliphatic carbocycles. The van der Waals surface area contributed by atoms with Gasteiger partial charge in [-0.3, -0.25) is 19.7 Å². The minimum atomic E-state index is -4.17. The normalized spacial score (nSPS) is 11.4. The summed E-state index contributed by atoms with van der Waals surface area (Å²) in [5, 5.41) is 11.0. The van der Waals surface area contributed by atoms with Gasteiger partial charge < -0.3 is 5.73 Å². The van der Waals surface area contributed by atoms with Crippen LogP contribution in [0.15, 0.2) is 11.0 Å². The summed E-state index contributed by atoms with van der Waals surface area (Å²) in [6, 6.07) is 1.40. The molecule has 0 radical (unpaired) electrons. The first-order valence-electron chi connectivity index (χ1n) is 5.75. The molecule has 3 N–H and O–H groups in total. The van der Waals surface area contributed by atoms with Gasteiger partial charge in [-0.1, -0.05) is 4.89 Å². The molecule has 9 nitrogen and oxygen atoms in total. The molecular formula is C11H15N3O6S. The first-order chi connectivity index (χ1) is 9.58. The fraction of sp³-hybridized carbons (Fsp3) is 0.364. The van der Waals surface area contributed by atoms with Crippen molar-refractivity contribution >= 4 is 21.6 Å². The number of nitrogens with zero attached hydrogens (tertiary/aromatic N) is 1. The van der Waals surface area contributed by atoms with Gasteiger partial charge in [-0.25, -0.2) is 8.42 Å². The van der Waals surface area contributed by atoms with Gasteiger partial charge in [0.15, 0.2) is 0 Å². The summed E-state index contributed by atoms with van der Waals surface area (Å²) in [5.74, 6) is -0.860. The van der Waals surface area contributed by atoms with Crippen LogP contribution in [-0.4, -0.2) is 25.9 Å². The first-order valence-corrected chi connectivity index (χ1v) is 7.23. The molecular weight excluding hydrogens is 302 g/mol. The van der Waals surface area contributed by atoms with E-state index in [0.717, 1.165) is 0 Å². The largest absolute Gasteiger partial charge is 0.368 e. The van der Waals surface area contributed by atoms with E-state index in [4.69, 9.17) is 5.73 Å². The zero-order chi connectivity index (χ0) is 16.4. The number of carbonyl (C=O) groups is 1. The molecule has 0 fully saturated rings. The molecule has 10 heteroatoms. The van der Waals surface area contributed by atoms with Gasteiger partial charge in [0.25, 0.3) is 15.7 Å². The summed E-state index contributed by atoms with van der Waals surface area (Å²) in [5.41, 5.74) is 5.21. The summed E-state index contributed by atoms with van der Waals surface area (Å²) in [6.07, 6.45) is 0. The summed E-state index contributed by atoms with van der Waals surface area (Å²) < 4.78 is 24.3. The van der Waals surface area contributed by atoms with Crippen LogP contribution in [0.25, 0.3) is 0 Å². The van der Waals surface area contributed by atoms with Crippen LogP contribution in [0.5, 0.6) is 0 Å². The number of hydrogen-bond donors (Lipinski definition) is 2. The quantitative estimate of drug-likeness (QED) is 0.567. The second kappa shape index (κ2) is 6.16. The number of benzene rings is 1. The van der Waals surface area contributed by atoms with E-state index in [1.54, 1.807) is 4.89 Å². The van der Waals surface area contributed by atoms with E-state index in [1.165, 1.54) is 26.8 Å². The van der Waals surface area contributed by atoms with E-state index < -0.39 is 27.5 Å². The zero-order valence-corrected chi connectivity index (χ0v) is 12.5. The van der Waals surface area contributed by atoms with Crippen LogP contribution in [-0.2, 0) is 19.7 Å². The van der Waals surface area contributed by atoms with E-state index in [-0.39, 0.29) is 16.1 Å². The Kier molecular flexibility index (Phi) is 4.99. The Morgan fingerprint density at radius 2 is 1.95 bits per heavy atom. The van der Waals surface area contributed by atoms with Crippen molar-refractivity contribution in [2.75, 3.05) is 6.61 Å². The molecule has 0 unspecified atom stereocenters. The third kappa shape index (κ3) is 3.74. The number of aryl methyl sites for hydroxylation is 2. The van der Waals surface area contributed by atoms with Crippen molar-refractivity contribution in [1.29, 1.82) is 0 Å². The number of sulfonamides is 1. The fourth-order valence-electron chi connectivity index (χ4n) is 2.07. The number of carbonyl (C=O) groups excluding carboxylic acids is 1. The number of rotatable bonds is 6. The van der Waals surface area contributed by atoms with Gasteiger partial charge in [0.1, 0.15) is 6.61 Å². The monoisotopic (exact) mass is 317 g/mol. The van der Waals surface area contributed by atoms with Crippen molar-refractivity contribution in [3.05, 3.63) is 32.9 Å². The molecule has 116 valence electrons. The molecule has 1 aromatic carbocycles. The van der Waals surface area contributed by atoms with Crippen LogP contribution in [0.2, 0.25) is 0 Å². The molecule has 1 aromatic rings. The number of primary amides is 1. The van der Waals surface area contributed by atoms with Gasteiger partial charge in [0.05, 0.1) is 9.82 Å². The number of nitrogens with one attached hydrogen (secondary N) is 1. The fourth-order valence-corrected chi connectivity index (χ4v) is 3.35. The molecule has 1 amide bonds. The predicted molar refractivity (Wildman–Crippen MR) is 72.8 cm³/mol. The molecule has 0 heterocycles. The van der Waals surface area contributed by atoms with Gasteiger partial charge in [-0.2, -0.15) is 0 Å². The number of nitro benzene ring substituents is 1. The Labute approximate surface area is 121 Å². The van der Waals surface area contributed by atoms with Gasteiger partial charge in [0, 0.05) is 11.1 Å². The van der Waals surface area contributed by atoms with Gasteiger partial charge in [-0.15, -0.1) is 0 Å².